The smallest absolute Gasteiger partial charge is 0.291 e. The maximum atomic E-state index is 13.0. The zero-order valence-corrected chi connectivity index (χ0v) is 19.8. The normalized spacial score (nSPS) is 15.6. The number of para-hydroxylation sites is 2. The number of aromatic nitrogens is 3. The summed E-state index contributed by atoms with van der Waals surface area (Å²) < 4.78 is 25.2. The third-order valence-corrected chi connectivity index (χ3v) is 6.27. The molecular formula is C25H25N3O5S. The molecule has 0 saturated carbocycles. The molecule has 0 amide bonds. The predicted octanol–water partition coefficient (Wildman–Crippen LogP) is 3.79. The van der Waals surface area contributed by atoms with Gasteiger partial charge in [-0.25, -0.2) is 0 Å². The van der Waals surface area contributed by atoms with Crippen LogP contribution in [-0.4, -0.2) is 34.4 Å². The van der Waals surface area contributed by atoms with Gasteiger partial charge in [-0.2, -0.15) is 9.50 Å². The fraction of sp³-hybridized carbons (Fsp3) is 0.320. The number of ether oxygens (including phenoxy) is 4. The summed E-state index contributed by atoms with van der Waals surface area (Å²) in [5.41, 5.74) is 0.617. The predicted molar refractivity (Wildman–Crippen MR) is 129 cm³/mol. The summed E-state index contributed by atoms with van der Waals surface area (Å²) in [4.78, 5) is 18.0. The molecule has 0 N–H and O–H groups in total. The molecule has 0 radical (unpaired) electrons. The van der Waals surface area contributed by atoms with Crippen LogP contribution in [0.4, 0.5) is 0 Å². The molecule has 0 saturated heterocycles. The molecule has 0 spiro atoms. The molecule has 176 valence electrons. The first-order chi connectivity index (χ1) is 16.7. The van der Waals surface area contributed by atoms with Crippen molar-refractivity contribution in [2.75, 3.05) is 19.8 Å². The Labute approximate surface area is 200 Å². The Morgan fingerprint density at radius 3 is 2.79 bits per heavy atom. The molecule has 8 nitrogen and oxygen atoms in total. The quantitative estimate of drug-likeness (QED) is 0.356. The summed E-state index contributed by atoms with van der Waals surface area (Å²) in [5, 5.41) is 4.41. The first-order valence-electron chi connectivity index (χ1n) is 11.4. The molecule has 1 atom stereocenters. The lowest BCUT2D eigenvalue weighted by atomic mass is 10.2. The topological polar surface area (TPSA) is 84.2 Å². The average molecular weight is 480 g/mol. The number of hydrogen-bond donors (Lipinski definition) is 0. The van der Waals surface area contributed by atoms with Crippen molar-refractivity contribution in [1.29, 1.82) is 0 Å². The van der Waals surface area contributed by atoms with Crippen LogP contribution in [0.2, 0.25) is 0 Å². The van der Waals surface area contributed by atoms with Gasteiger partial charge in [0.1, 0.15) is 6.61 Å². The van der Waals surface area contributed by atoms with Gasteiger partial charge >= 0.3 is 0 Å². The number of nitrogens with zero attached hydrogens (tertiary/aromatic N) is 3. The van der Waals surface area contributed by atoms with E-state index in [1.165, 1.54) is 15.9 Å². The van der Waals surface area contributed by atoms with Crippen molar-refractivity contribution in [2.24, 2.45) is 0 Å². The molecule has 1 aliphatic heterocycles. The number of rotatable bonds is 8. The van der Waals surface area contributed by atoms with E-state index in [2.05, 4.69) is 17.0 Å². The monoisotopic (exact) mass is 479 g/mol. The molecule has 1 aliphatic rings. The molecule has 0 aliphatic carbocycles. The summed E-state index contributed by atoms with van der Waals surface area (Å²) in [5.74, 6) is 3.13. The molecule has 34 heavy (non-hydrogen) atoms. The Kier molecular flexibility index (Phi) is 6.35. The minimum absolute atomic E-state index is 0.225. The molecule has 4 aromatic rings. The van der Waals surface area contributed by atoms with Crippen LogP contribution in [0.3, 0.4) is 0 Å². The molecular weight excluding hydrogens is 454 g/mol. The van der Waals surface area contributed by atoms with E-state index < -0.39 is 6.10 Å². The zero-order chi connectivity index (χ0) is 23.5. The van der Waals surface area contributed by atoms with Crippen molar-refractivity contribution in [3.8, 4) is 23.0 Å². The van der Waals surface area contributed by atoms with E-state index >= 15 is 0 Å². The Bertz CT molecular complexity index is 1410. The molecule has 9 heteroatoms. The van der Waals surface area contributed by atoms with Gasteiger partial charge in [0.05, 0.1) is 17.7 Å². The van der Waals surface area contributed by atoms with Gasteiger partial charge in [0.25, 0.3) is 5.56 Å². The van der Waals surface area contributed by atoms with Crippen LogP contribution < -0.4 is 29.0 Å². The van der Waals surface area contributed by atoms with Crippen molar-refractivity contribution >= 4 is 22.4 Å². The number of benzene rings is 2. The average Bonchev–Trinajstić information content (AvgIpc) is 3.39. The molecule has 2 aromatic heterocycles. The van der Waals surface area contributed by atoms with Crippen LogP contribution >= 0.6 is 11.3 Å². The second-order valence-electron chi connectivity index (χ2n) is 7.79. The largest absolute Gasteiger partial charge is 0.490 e. The van der Waals surface area contributed by atoms with Gasteiger partial charge in [-0.3, -0.25) is 4.79 Å². The first kappa shape index (κ1) is 22.2. The lowest BCUT2D eigenvalue weighted by molar-refractivity contribution is 0.0852. The Hall–Kier alpha value is -3.59. The third-order valence-electron chi connectivity index (χ3n) is 5.32. The zero-order valence-electron chi connectivity index (χ0n) is 19.0. The van der Waals surface area contributed by atoms with Gasteiger partial charge in [0, 0.05) is 0 Å². The van der Waals surface area contributed by atoms with Gasteiger partial charge in [-0.1, -0.05) is 42.9 Å². The summed E-state index contributed by atoms with van der Waals surface area (Å²) in [6.45, 7) is 5.50. The lowest BCUT2D eigenvalue weighted by Crippen LogP contribution is -2.26. The number of thiazole rings is 1. The molecule has 0 bridgehead atoms. The summed E-state index contributed by atoms with van der Waals surface area (Å²) in [6, 6.07) is 13.1. The van der Waals surface area contributed by atoms with Crippen molar-refractivity contribution in [1.82, 2.24) is 14.6 Å². The van der Waals surface area contributed by atoms with Crippen LogP contribution in [0, 0.1) is 0 Å². The van der Waals surface area contributed by atoms with E-state index in [0.29, 0.717) is 51.5 Å². The summed E-state index contributed by atoms with van der Waals surface area (Å²) >= 11 is 1.28. The minimum Gasteiger partial charge on any atom is -0.490 e. The molecule has 3 heterocycles. The van der Waals surface area contributed by atoms with Crippen molar-refractivity contribution in [3.05, 3.63) is 68.7 Å². The van der Waals surface area contributed by atoms with Crippen LogP contribution in [0.1, 0.15) is 44.2 Å². The highest BCUT2D eigenvalue weighted by Crippen LogP contribution is 2.35. The van der Waals surface area contributed by atoms with E-state index in [-0.39, 0.29) is 12.2 Å². The van der Waals surface area contributed by atoms with Crippen LogP contribution in [-0.2, 0) is 0 Å². The van der Waals surface area contributed by atoms with Crippen molar-refractivity contribution in [2.45, 2.75) is 32.8 Å². The fourth-order valence-electron chi connectivity index (χ4n) is 3.61. The first-order valence-corrected chi connectivity index (χ1v) is 12.2. The third kappa shape index (κ3) is 4.43. The van der Waals surface area contributed by atoms with E-state index in [9.17, 15) is 4.79 Å². The molecule has 1 unspecified atom stereocenters. The van der Waals surface area contributed by atoms with Crippen LogP contribution in [0.25, 0.3) is 11.0 Å². The van der Waals surface area contributed by atoms with Crippen molar-refractivity contribution in [3.63, 3.8) is 0 Å². The Balaban J connectivity index is 1.41. The van der Waals surface area contributed by atoms with E-state index in [1.807, 2.05) is 55.5 Å². The molecule has 0 fully saturated rings. The van der Waals surface area contributed by atoms with E-state index in [0.717, 1.165) is 18.4 Å². The second kappa shape index (κ2) is 9.72. The van der Waals surface area contributed by atoms with Crippen LogP contribution in [0.15, 0.2) is 47.3 Å². The Morgan fingerprint density at radius 2 is 2.00 bits per heavy atom. The maximum Gasteiger partial charge on any atom is 0.291 e. The van der Waals surface area contributed by atoms with E-state index in [1.54, 1.807) is 0 Å². The Morgan fingerprint density at radius 1 is 1.15 bits per heavy atom. The molecule has 2 aromatic carbocycles. The number of hydrogen-bond acceptors (Lipinski definition) is 8. The lowest BCUT2D eigenvalue weighted by Gasteiger charge is -2.24. The minimum atomic E-state index is -0.470. The second-order valence-corrected chi connectivity index (χ2v) is 8.79. The maximum absolute atomic E-state index is 13.0. The van der Waals surface area contributed by atoms with Gasteiger partial charge in [-0.05, 0) is 49.2 Å². The highest BCUT2D eigenvalue weighted by atomic mass is 32.1. The highest BCUT2D eigenvalue weighted by Gasteiger charge is 2.27. The highest BCUT2D eigenvalue weighted by molar-refractivity contribution is 7.15. The number of unbranched alkanes of at least 4 members (excludes halogenated alkanes) is 1. The summed E-state index contributed by atoms with van der Waals surface area (Å²) in [7, 11) is 0. The SMILES string of the molecule is CCCCOc1ccc(C=c2sc3nc(C4COc5ccccc5O4)nn3c2=O)cc1OCC. The summed E-state index contributed by atoms with van der Waals surface area (Å²) in [6.07, 6.45) is 3.39. The standard InChI is InChI=1S/C25H25N3O5S/c1-3-5-12-31-18-11-10-16(13-20(18)30-4-2)14-22-24(29)28-25(34-22)26-23(27-28)21-15-32-17-8-6-7-9-19(17)33-21/h6-11,13-14,21H,3-5,12,15H2,1-2H3. The van der Waals surface area contributed by atoms with Crippen molar-refractivity contribution < 1.29 is 18.9 Å². The molecule has 5 rings (SSSR count). The van der Waals surface area contributed by atoms with Gasteiger partial charge in [0.2, 0.25) is 4.96 Å². The fourth-order valence-corrected chi connectivity index (χ4v) is 4.53. The van der Waals surface area contributed by atoms with Crippen LogP contribution in [0.5, 0.6) is 23.0 Å². The van der Waals surface area contributed by atoms with E-state index in [4.69, 9.17) is 18.9 Å². The van der Waals surface area contributed by atoms with Gasteiger partial charge < -0.3 is 18.9 Å². The van der Waals surface area contributed by atoms with Gasteiger partial charge in [-0.15, -0.1) is 5.10 Å². The van der Waals surface area contributed by atoms with Gasteiger partial charge in [0.15, 0.2) is 34.9 Å². The number of fused-ring (bicyclic) bond motifs is 2.